The van der Waals surface area contributed by atoms with E-state index in [0.717, 1.165) is 38.9 Å². The van der Waals surface area contributed by atoms with Crippen LogP contribution in [0, 0.1) is 0 Å². The molecule has 140 valence electrons. The summed E-state index contributed by atoms with van der Waals surface area (Å²) in [5.41, 5.74) is 0.936. The Hall–Kier alpha value is -2.28. The van der Waals surface area contributed by atoms with Gasteiger partial charge in [-0.25, -0.2) is 9.37 Å². The second-order valence-electron chi connectivity index (χ2n) is 6.82. The van der Waals surface area contributed by atoms with Gasteiger partial charge < -0.3 is 10.2 Å². The van der Waals surface area contributed by atoms with Gasteiger partial charge in [0, 0.05) is 32.3 Å². The zero-order valence-corrected chi connectivity index (χ0v) is 14.9. The fraction of sp³-hybridized carbons (Fsp3) is 0.526. The summed E-state index contributed by atoms with van der Waals surface area (Å²) in [6.45, 7) is 3.43. The molecule has 3 rings (SSSR count). The highest BCUT2D eigenvalue weighted by Gasteiger charge is 2.20. The first-order valence-electron chi connectivity index (χ1n) is 9.21. The molecule has 0 aliphatic carbocycles. The molecule has 6 nitrogen and oxygen atoms in total. The zero-order chi connectivity index (χ0) is 18.4. The fourth-order valence-electron chi connectivity index (χ4n) is 3.33. The summed E-state index contributed by atoms with van der Waals surface area (Å²) < 4.78 is 13.3. The van der Waals surface area contributed by atoms with E-state index in [1.54, 1.807) is 23.1 Å². The second kappa shape index (κ2) is 8.89. The van der Waals surface area contributed by atoms with Crippen molar-refractivity contribution in [3.05, 3.63) is 36.2 Å². The van der Waals surface area contributed by atoms with Crippen LogP contribution < -0.4 is 5.32 Å². The molecule has 1 aromatic heterocycles. The van der Waals surface area contributed by atoms with Gasteiger partial charge >= 0.3 is 0 Å². The predicted molar refractivity (Wildman–Crippen MR) is 97.7 cm³/mol. The number of halogens is 1. The van der Waals surface area contributed by atoms with E-state index in [0.29, 0.717) is 30.9 Å². The molecule has 0 radical (unpaired) electrons. The van der Waals surface area contributed by atoms with Crippen LogP contribution in [0.5, 0.6) is 0 Å². The van der Waals surface area contributed by atoms with E-state index in [-0.39, 0.29) is 11.8 Å². The van der Waals surface area contributed by atoms with Gasteiger partial charge in [-0.05, 0) is 44.4 Å². The van der Waals surface area contributed by atoms with Crippen molar-refractivity contribution in [2.75, 3.05) is 38.0 Å². The molecule has 26 heavy (non-hydrogen) atoms. The van der Waals surface area contributed by atoms with Crippen LogP contribution >= 0.6 is 0 Å². The molecule has 2 aliphatic rings. The van der Waals surface area contributed by atoms with Crippen molar-refractivity contribution < 1.29 is 14.0 Å². The minimum absolute atomic E-state index is 0.0621. The highest BCUT2D eigenvalue weighted by molar-refractivity contribution is 5.99. The Kier molecular flexibility index (Phi) is 6.33. The number of likely N-dealkylation sites (tertiary alicyclic amines) is 2. The number of hydrogen-bond donors (Lipinski definition) is 1. The number of alkyl halides is 1. The van der Waals surface area contributed by atoms with Crippen LogP contribution in [0.25, 0.3) is 0 Å². The lowest BCUT2D eigenvalue weighted by atomic mass is 10.1. The average Bonchev–Trinajstić information content (AvgIpc) is 3.16. The number of pyridine rings is 1. The Labute approximate surface area is 153 Å². The second-order valence-corrected chi connectivity index (χ2v) is 6.82. The van der Waals surface area contributed by atoms with Gasteiger partial charge in [0.2, 0.25) is 5.91 Å². The molecule has 2 amide bonds. The Morgan fingerprint density at radius 3 is 2.73 bits per heavy atom. The number of hydrogen-bond acceptors (Lipinski definition) is 4. The summed E-state index contributed by atoms with van der Waals surface area (Å²) in [6, 6.07) is 3.31. The van der Waals surface area contributed by atoms with E-state index in [1.807, 2.05) is 4.90 Å². The van der Waals surface area contributed by atoms with Gasteiger partial charge in [-0.1, -0.05) is 6.08 Å². The largest absolute Gasteiger partial charge is 0.337 e. The molecular weight excluding hydrogens is 335 g/mol. The van der Waals surface area contributed by atoms with Crippen LogP contribution in [0.15, 0.2) is 30.5 Å². The summed E-state index contributed by atoms with van der Waals surface area (Å²) in [7, 11) is 0. The van der Waals surface area contributed by atoms with Gasteiger partial charge in [0.25, 0.3) is 5.91 Å². The van der Waals surface area contributed by atoms with Crippen LogP contribution in [-0.2, 0) is 4.79 Å². The van der Waals surface area contributed by atoms with E-state index in [4.69, 9.17) is 0 Å². The number of amides is 2. The molecule has 3 heterocycles. The maximum atomic E-state index is 13.3. The van der Waals surface area contributed by atoms with E-state index >= 15 is 0 Å². The Balaban J connectivity index is 1.46. The molecule has 2 aliphatic heterocycles. The minimum Gasteiger partial charge on any atom is -0.337 e. The summed E-state index contributed by atoms with van der Waals surface area (Å²) in [6.07, 6.45) is 7.48. The van der Waals surface area contributed by atoms with Crippen molar-refractivity contribution in [2.24, 2.45) is 0 Å². The van der Waals surface area contributed by atoms with Gasteiger partial charge in [0.15, 0.2) is 0 Å². The Morgan fingerprint density at radius 2 is 2.04 bits per heavy atom. The van der Waals surface area contributed by atoms with E-state index < -0.39 is 6.17 Å². The molecule has 0 aromatic carbocycles. The van der Waals surface area contributed by atoms with Crippen molar-refractivity contribution in [1.82, 2.24) is 14.8 Å². The molecular formula is C19H25FN4O2. The van der Waals surface area contributed by atoms with Crippen LogP contribution in [0.4, 0.5) is 10.1 Å². The first kappa shape index (κ1) is 18.5. The topological polar surface area (TPSA) is 65.5 Å². The van der Waals surface area contributed by atoms with Crippen LogP contribution in [-0.4, -0.2) is 65.5 Å². The van der Waals surface area contributed by atoms with Crippen molar-refractivity contribution in [1.29, 1.82) is 0 Å². The lowest BCUT2D eigenvalue weighted by Gasteiger charge is -2.27. The molecule has 1 N–H and O–H groups in total. The van der Waals surface area contributed by atoms with E-state index in [2.05, 4.69) is 10.3 Å². The predicted octanol–water partition coefficient (Wildman–Crippen LogP) is 2.25. The maximum Gasteiger partial charge on any atom is 0.272 e. The number of nitrogens with one attached hydrogen (secondary N) is 1. The smallest absolute Gasteiger partial charge is 0.272 e. The normalized spacial score (nSPS) is 21.3. The number of aromatic nitrogens is 1. The number of piperidine rings is 1. The zero-order valence-electron chi connectivity index (χ0n) is 14.9. The fourth-order valence-corrected chi connectivity index (χ4v) is 3.33. The first-order valence-corrected chi connectivity index (χ1v) is 9.21. The molecule has 0 unspecified atom stereocenters. The summed E-state index contributed by atoms with van der Waals surface area (Å²) in [5.74, 6) is -0.327. The van der Waals surface area contributed by atoms with Gasteiger partial charge in [0.1, 0.15) is 11.9 Å². The summed E-state index contributed by atoms with van der Waals surface area (Å²) in [5, 5.41) is 2.72. The maximum absolute atomic E-state index is 13.3. The average molecular weight is 360 g/mol. The molecule has 7 heteroatoms. The standard InChI is InChI=1S/C19H25FN4O2/c20-15-5-3-9-23(14-15)10-4-6-18(25)22-16-7-8-17(21-13-16)19(26)24-11-1-2-12-24/h4,6-8,13,15H,1-3,5,9-12,14H2,(H,22,25)/b6-4+/t15-/m1/s1. The third-order valence-corrected chi connectivity index (χ3v) is 4.72. The number of carbonyl (C=O) groups excluding carboxylic acids is 2. The Morgan fingerprint density at radius 1 is 1.23 bits per heavy atom. The van der Waals surface area contributed by atoms with Crippen molar-refractivity contribution in [3.8, 4) is 0 Å². The monoisotopic (exact) mass is 360 g/mol. The molecule has 2 fully saturated rings. The highest BCUT2D eigenvalue weighted by Crippen LogP contribution is 2.14. The number of carbonyl (C=O) groups is 2. The lowest BCUT2D eigenvalue weighted by Crippen LogP contribution is -2.36. The highest BCUT2D eigenvalue weighted by atomic mass is 19.1. The summed E-state index contributed by atoms with van der Waals surface area (Å²) >= 11 is 0. The molecule has 1 atom stereocenters. The molecule has 1 aromatic rings. The first-order chi connectivity index (χ1) is 12.6. The third kappa shape index (κ3) is 5.11. The molecule has 0 bridgehead atoms. The van der Waals surface area contributed by atoms with Crippen molar-refractivity contribution in [3.63, 3.8) is 0 Å². The van der Waals surface area contributed by atoms with Crippen molar-refractivity contribution in [2.45, 2.75) is 31.9 Å². The van der Waals surface area contributed by atoms with Gasteiger partial charge in [-0.2, -0.15) is 0 Å². The lowest BCUT2D eigenvalue weighted by molar-refractivity contribution is -0.111. The van der Waals surface area contributed by atoms with Crippen LogP contribution in [0.1, 0.15) is 36.2 Å². The Bertz CT molecular complexity index is 656. The summed E-state index contributed by atoms with van der Waals surface area (Å²) in [4.78, 5) is 32.1. The number of rotatable bonds is 5. The third-order valence-electron chi connectivity index (χ3n) is 4.72. The number of anilines is 1. The molecule has 0 spiro atoms. The van der Waals surface area contributed by atoms with Gasteiger partial charge in [0.05, 0.1) is 11.9 Å². The minimum atomic E-state index is -0.765. The van der Waals surface area contributed by atoms with E-state index in [1.165, 1.54) is 12.3 Å². The quantitative estimate of drug-likeness (QED) is 0.818. The van der Waals surface area contributed by atoms with E-state index in [9.17, 15) is 14.0 Å². The number of nitrogens with zero attached hydrogens (tertiary/aromatic N) is 3. The van der Waals surface area contributed by atoms with Crippen LogP contribution in [0.3, 0.4) is 0 Å². The molecule has 2 saturated heterocycles. The van der Waals surface area contributed by atoms with Crippen LogP contribution in [0.2, 0.25) is 0 Å². The SMILES string of the molecule is O=C(/C=C/CN1CCC[C@@H](F)C1)Nc1ccc(C(=O)N2CCCC2)nc1. The van der Waals surface area contributed by atoms with Gasteiger partial charge in [-0.3, -0.25) is 14.5 Å². The van der Waals surface area contributed by atoms with Gasteiger partial charge in [-0.15, -0.1) is 0 Å². The van der Waals surface area contributed by atoms with Crippen molar-refractivity contribution >= 4 is 17.5 Å². The molecule has 0 saturated carbocycles.